The first-order chi connectivity index (χ1) is 13.7. The second-order valence-electron chi connectivity index (χ2n) is 6.34. The molecule has 0 bridgehead atoms. The van der Waals surface area contributed by atoms with Crippen molar-refractivity contribution >= 4 is 5.97 Å². The first-order valence-corrected chi connectivity index (χ1v) is 9.23. The van der Waals surface area contributed by atoms with Gasteiger partial charge in [-0.2, -0.15) is 0 Å². The van der Waals surface area contributed by atoms with Gasteiger partial charge in [-0.05, 0) is 35.9 Å². The van der Waals surface area contributed by atoms with E-state index in [1.165, 1.54) is 0 Å². The standard InChI is InChI=1S/C23H24NO4.CH4/c1-24-14-5-9-20(17-24)23(25)27-16-6-15-26-21-10-12-22(13-11-21)28-18-19-7-3-2-4-8-19;/h2-5,7-14,17H,6,15-16,18H2,1H3;1H4/q+1;. The molecule has 0 N–H and O–H groups in total. The van der Waals surface area contributed by atoms with Crippen molar-refractivity contribution in [1.29, 1.82) is 0 Å². The lowest BCUT2D eigenvalue weighted by Crippen LogP contribution is -2.28. The van der Waals surface area contributed by atoms with Crippen molar-refractivity contribution in [3.63, 3.8) is 0 Å². The average molecular weight is 394 g/mol. The van der Waals surface area contributed by atoms with Crippen LogP contribution in [0.2, 0.25) is 0 Å². The van der Waals surface area contributed by atoms with Crippen LogP contribution in [0.5, 0.6) is 11.5 Å². The molecule has 3 aromatic rings. The van der Waals surface area contributed by atoms with E-state index in [-0.39, 0.29) is 13.4 Å². The zero-order chi connectivity index (χ0) is 19.6. The van der Waals surface area contributed by atoms with Crippen LogP contribution < -0.4 is 14.0 Å². The largest absolute Gasteiger partial charge is 0.493 e. The number of aryl methyl sites for hydroxylation is 1. The van der Waals surface area contributed by atoms with Gasteiger partial charge in [0.05, 0.1) is 13.2 Å². The van der Waals surface area contributed by atoms with Crippen molar-refractivity contribution in [2.75, 3.05) is 13.2 Å². The van der Waals surface area contributed by atoms with E-state index >= 15 is 0 Å². The topological polar surface area (TPSA) is 48.6 Å². The molecule has 2 aromatic carbocycles. The summed E-state index contributed by atoms with van der Waals surface area (Å²) in [5.41, 5.74) is 1.67. The maximum atomic E-state index is 11.9. The zero-order valence-electron chi connectivity index (χ0n) is 15.9. The Kier molecular flexibility index (Phi) is 8.70. The molecule has 0 unspecified atom stereocenters. The predicted molar refractivity (Wildman–Crippen MR) is 112 cm³/mol. The number of hydrogen-bond acceptors (Lipinski definition) is 4. The molecular weight excluding hydrogens is 366 g/mol. The maximum Gasteiger partial charge on any atom is 0.344 e. The van der Waals surface area contributed by atoms with Crippen molar-refractivity contribution in [2.45, 2.75) is 20.5 Å². The van der Waals surface area contributed by atoms with E-state index in [1.807, 2.05) is 78.5 Å². The number of rotatable bonds is 9. The van der Waals surface area contributed by atoms with E-state index in [0.29, 0.717) is 31.8 Å². The number of carbonyl (C=O) groups is 1. The Hall–Kier alpha value is -3.34. The minimum absolute atomic E-state index is 0. The monoisotopic (exact) mass is 394 g/mol. The summed E-state index contributed by atoms with van der Waals surface area (Å²) in [4.78, 5) is 11.9. The Labute approximate surface area is 172 Å². The smallest absolute Gasteiger partial charge is 0.344 e. The predicted octanol–water partition coefficient (Wildman–Crippen LogP) is 4.35. The number of hydrogen-bond donors (Lipinski definition) is 0. The molecule has 5 heteroatoms. The Bertz CT molecular complexity index is 879. The van der Waals surface area contributed by atoms with Crippen LogP contribution in [-0.2, 0) is 18.4 Å². The van der Waals surface area contributed by atoms with Gasteiger partial charge in [0.25, 0.3) is 0 Å². The molecule has 0 aliphatic heterocycles. The summed E-state index contributed by atoms with van der Waals surface area (Å²) in [7, 11) is 1.86. The molecule has 0 aliphatic carbocycles. The van der Waals surface area contributed by atoms with Crippen LogP contribution in [0.25, 0.3) is 0 Å². The highest BCUT2D eigenvalue weighted by Crippen LogP contribution is 2.18. The maximum absolute atomic E-state index is 11.9. The number of nitrogens with zero attached hydrogens (tertiary/aromatic N) is 1. The van der Waals surface area contributed by atoms with Crippen LogP contribution in [0.15, 0.2) is 79.1 Å². The summed E-state index contributed by atoms with van der Waals surface area (Å²) < 4.78 is 18.5. The lowest BCUT2D eigenvalue weighted by Gasteiger charge is -2.09. The molecule has 0 saturated heterocycles. The Balaban J connectivity index is 0.00000300. The van der Waals surface area contributed by atoms with E-state index in [9.17, 15) is 4.79 Å². The van der Waals surface area contributed by atoms with E-state index in [2.05, 4.69) is 0 Å². The molecule has 29 heavy (non-hydrogen) atoms. The fourth-order valence-corrected chi connectivity index (χ4v) is 2.58. The highest BCUT2D eigenvalue weighted by molar-refractivity contribution is 5.88. The van der Waals surface area contributed by atoms with Gasteiger partial charge < -0.3 is 14.2 Å². The first kappa shape index (κ1) is 22.0. The van der Waals surface area contributed by atoms with Crippen molar-refractivity contribution in [3.8, 4) is 11.5 Å². The second kappa shape index (κ2) is 11.5. The minimum Gasteiger partial charge on any atom is -0.493 e. The van der Waals surface area contributed by atoms with Crippen molar-refractivity contribution < 1.29 is 23.6 Å². The molecule has 0 aliphatic rings. The van der Waals surface area contributed by atoms with Gasteiger partial charge in [-0.3, -0.25) is 0 Å². The Morgan fingerprint density at radius 1 is 0.862 bits per heavy atom. The molecular formula is C24H28NO4+. The number of carbonyl (C=O) groups excluding carboxylic acids is 1. The normalized spacial score (nSPS) is 9.97. The summed E-state index contributed by atoms with van der Waals surface area (Å²) in [5, 5.41) is 0. The molecule has 0 radical (unpaired) electrons. The zero-order valence-corrected chi connectivity index (χ0v) is 15.9. The van der Waals surface area contributed by atoms with Gasteiger partial charge in [-0.25, -0.2) is 9.36 Å². The van der Waals surface area contributed by atoms with Crippen LogP contribution >= 0.6 is 0 Å². The third-order valence-corrected chi connectivity index (χ3v) is 4.04. The molecule has 152 valence electrons. The van der Waals surface area contributed by atoms with Gasteiger partial charge >= 0.3 is 5.97 Å². The van der Waals surface area contributed by atoms with E-state index in [0.717, 1.165) is 17.1 Å². The number of ether oxygens (including phenoxy) is 3. The highest BCUT2D eigenvalue weighted by atomic mass is 16.5. The van der Waals surface area contributed by atoms with Gasteiger partial charge in [-0.15, -0.1) is 0 Å². The Morgan fingerprint density at radius 3 is 2.24 bits per heavy atom. The fourth-order valence-electron chi connectivity index (χ4n) is 2.58. The van der Waals surface area contributed by atoms with Crippen LogP contribution in [-0.4, -0.2) is 19.2 Å². The summed E-state index contributed by atoms with van der Waals surface area (Å²) in [6, 6.07) is 21.1. The third-order valence-electron chi connectivity index (χ3n) is 4.04. The van der Waals surface area contributed by atoms with E-state index in [4.69, 9.17) is 14.2 Å². The number of pyridine rings is 1. The molecule has 0 atom stereocenters. The van der Waals surface area contributed by atoms with Crippen molar-refractivity contribution in [2.24, 2.45) is 7.05 Å². The molecule has 1 aromatic heterocycles. The summed E-state index contributed by atoms with van der Waals surface area (Å²) >= 11 is 0. The van der Waals surface area contributed by atoms with Gasteiger partial charge in [0, 0.05) is 12.5 Å². The quantitative estimate of drug-likeness (QED) is 0.308. The van der Waals surface area contributed by atoms with E-state index in [1.54, 1.807) is 12.3 Å². The number of benzene rings is 2. The molecule has 5 nitrogen and oxygen atoms in total. The lowest BCUT2D eigenvalue weighted by molar-refractivity contribution is -0.671. The van der Waals surface area contributed by atoms with Crippen molar-refractivity contribution in [1.82, 2.24) is 0 Å². The van der Waals surface area contributed by atoms with E-state index < -0.39 is 0 Å². The van der Waals surface area contributed by atoms with Crippen LogP contribution in [0.4, 0.5) is 0 Å². The molecule has 0 fully saturated rings. The summed E-state index contributed by atoms with van der Waals surface area (Å²) in [6.07, 6.45) is 4.22. The molecule has 0 saturated carbocycles. The molecule has 0 spiro atoms. The second-order valence-corrected chi connectivity index (χ2v) is 6.34. The number of aromatic nitrogens is 1. The lowest BCUT2D eigenvalue weighted by atomic mass is 10.2. The van der Waals surface area contributed by atoms with Crippen molar-refractivity contribution in [3.05, 3.63) is 90.3 Å². The third kappa shape index (κ3) is 7.30. The van der Waals surface area contributed by atoms with Gasteiger partial charge in [0.15, 0.2) is 12.4 Å². The molecule has 0 amide bonds. The highest BCUT2D eigenvalue weighted by Gasteiger charge is 2.10. The average Bonchev–Trinajstić information content (AvgIpc) is 2.73. The minimum atomic E-state index is -0.323. The summed E-state index contributed by atoms with van der Waals surface area (Å²) in [6.45, 7) is 1.32. The SMILES string of the molecule is C.C[n+]1cccc(C(=O)OCCCOc2ccc(OCc3ccccc3)cc2)c1. The van der Waals surface area contributed by atoms with Crippen LogP contribution in [0, 0.1) is 0 Å². The number of esters is 1. The van der Waals surface area contributed by atoms with Gasteiger partial charge in [0.2, 0.25) is 0 Å². The van der Waals surface area contributed by atoms with Gasteiger partial charge in [0.1, 0.15) is 30.7 Å². The first-order valence-electron chi connectivity index (χ1n) is 9.23. The van der Waals surface area contributed by atoms with Crippen LogP contribution in [0.3, 0.4) is 0 Å². The molecule has 1 heterocycles. The fraction of sp³-hybridized carbons (Fsp3) is 0.250. The van der Waals surface area contributed by atoms with Crippen LogP contribution in [0.1, 0.15) is 29.8 Å². The summed E-state index contributed by atoms with van der Waals surface area (Å²) in [5.74, 6) is 1.23. The van der Waals surface area contributed by atoms with Gasteiger partial charge in [-0.1, -0.05) is 37.8 Å². The molecule has 3 rings (SSSR count). The Morgan fingerprint density at radius 2 is 1.55 bits per heavy atom.